The first-order chi connectivity index (χ1) is 14.3. The van der Waals surface area contributed by atoms with Gasteiger partial charge in [-0.3, -0.25) is 4.79 Å². The Balaban J connectivity index is 1.86. The van der Waals surface area contributed by atoms with Crippen molar-refractivity contribution in [3.05, 3.63) is 65.2 Å². The first kappa shape index (κ1) is 22.4. The van der Waals surface area contributed by atoms with Crippen molar-refractivity contribution < 1.29 is 22.0 Å². The smallest absolute Gasteiger partial charge is 0.257 e. The molecule has 0 saturated heterocycles. The Hall–Kier alpha value is -2.32. The lowest BCUT2D eigenvalue weighted by molar-refractivity contribution is 0.0740. The third kappa shape index (κ3) is 4.87. The molecule has 1 saturated carbocycles. The van der Waals surface area contributed by atoms with Gasteiger partial charge in [-0.2, -0.15) is 4.31 Å². The second kappa shape index (κ2) is 9.22. The number of halogens is 2. The first-order valence-corrected chi connectivity index (χ1v) is 11.6. The van der Waals surface area contributed by atoms with Crippen molar-refractivity contribution in [2.45, 2.75) is 44.0 Å². The number of carbonyl (C=O) groups is 1. The summed E-state index contributed by atoms with van der Waals surface area (Å²) in [5.74, 6) is -1.64. The summed E-state index contributed by atoms with van der Waals surface area (Å²) in [5, 5.41) is 0. The van der Waals surface area contributed by atoms with Crippen LogP contribution in [0, 0.1) is 11.6 Å². The zero-order chi connectivity index (χ0) is 21.9. The van der Waals surface area contributed by atoms with E-state index in [1.807, 2.05) is 0 Å². The average Bonchev–Trinajstić information content (AvgIpc) is 3.54. The van der Waals surface area contributed by atoms with Crippen LogP contribution in [0.4, 0.5) is 8.78 Å². The summed E-state index contributed by atoms with van der Waals surface area (Å²) in [6, 6.07) is 9.48. The summed E-state index contributed by atoms with van der Waals surface area (Å²) in [6.07, 6.45) is 2.06. The molecule has 1 fully saturated rings. The van der Waals surface area contributed by atoms with Crippen LogP contribution in [0.1, 0.15) is 42.6 Å². The fourth-order valence-corrected chi connectivity index (χ4v) is 4.96. The average molecular weight is 437 g/mol. The lowest BCUT2D eigenvalue weighted by atomic mass is 10.1. The normalized spacial score (nSPS) is 14.2. The molecule has 0 aliphatic heterocycles. The number of carbonyl (C=O) groups excluding carboxylic acids is 1. The first-order valence-electron chi connectivity index (χ1n) is 10.1. The maximum atomic E-state index is 14.5. The Morgan fingerprint density at radius 3 is 2.37 bits per heavy atom. The molecule has 0 N–H and O–H groups in total. The molecule has 5 nitrogen and oxygen atoms in total. The van der Waals surface area contributed by atoms with Gasteiger partial charge >= 0.3 is 0 Å². The van der Waals surface area contributed by atoms with Gasteiger partial charge in [-0.15, -0.1) is 0 Å². The van der Waals surface area contributed by atoms with E-state index in [1.165, 1.54) is 22.5 Å². The molecule has 1 aliphatic carbocycles. The van der Waals surface area contributed by atoms with Crippen molar-refractivity contribution in [2.75, 3.05) is 19.6 Å². The summed E-state index contributed by atoms with van der Waals surface area (Å²) in [7, 11) is -3.81. The third-order valence-corrected chi connectivity index (χ3v) is 7.34. The van der Waals surface area contributed by atoms with E-state index in [1.54, 1.807) is 30.9 Å². The molecule has 0 spiro atoms. The highest BCUT2D eigenvalue weighted by Gasteiger charge is 2.34. The van der Waals surface area contributed by atoms with Crippen molar-refractivity contribution in [2.24, 2.45) is 0 Å². The molecule has 0 radical (unpaired) electrons. The van der Waals surface area contributed by atoms with Crippen molar-refractivity contribution >= 4 is 15.9 Å². The van der Waals surface area contributed by atoms with Crippen LogP contribution in [0.3, 0.4) is 0 Å². The third-order valence-electron chi connectivity index (χ3n) is 5.29. The van der Waals surface area contributed by atoms with E-state index in [0.29, 0.717) is 13.0 Å². The summed E-state index contributed by atoms with van der Waals surface area (Å²) in [6.45, 7) is 4.30. The maximum absolute atomic E-state index is 14.5. The number of hydrogen-bond donors (Lipinski definition) is 0. The topological polar surface area (TPSA) is 57.7 Å². The van der Waals surface area contributed by atoms with E-state index < -0.39 is 21.7 Å². The van der Waals surface area contributed by atoms with Crippen LogP contribution in [0.25, 0.3) is 0 Å². The Kier molecular flexibility index (Phi) is 6.88. The van der Waals surface area contributed by atoms with Crippen LogP contribution >= 0.6 is 0 Å². The van der Waals surface area contributed by atoms with Crippen LogP contribution in [-0.4, -0.2) is 49.2 Å². The van der Waals surface area contributed by atoms with E-state index in [-0.39, 0.29) is 35.4 Å². The van der Waals surface area contributed by atoms with Crippen LogP contribution in [0.2, 0.25) is 0 Å². The number of nitrogens with zero attached hydrogens (tertiary/aromatic N) is 2. The maximum Gasteiger partial charge on any atom is 0.257 e. The monoisotopic (exact) mass is 436 g/mol. The molecule has 0 atom stereocenters. The van der Waals surface area contributed by atoms with Gasteiger partial charge in [0.15, 0.2) is 0 Å². The van der Waals surface area contributed by atoms with E-state index >= 15 is 0 Å². The van der Waals surface area contributed by atoms with Gasteiger partial charge in [0.2, 0.25) is 10.0 Å². The molecule has 30 heavy (non-hydrogen) atoms. The molecule has 1 amide bonds. The van der Waals surface area contributed by atoms with Crippen molar-refractivity contribution in [1.82, 2.24) is 9.21 Å². The van der Waals surface area contributed by atoms with Gasteiger partial charge in [0, 0.05) is 25.7 Å². The van der Waals surface area contributed by atoms with Gasteiger partial charge in [-0.25, -0.2) is 17.2 Å². The number of rotatable bonds is 9. The zero-order valence-corrected chi connectivity index (χ0v) is 18.0. The molecule has 1 aliphatic rings. The second-order valence-corrected chi connectivity index (χ2v) is 9.28. The standard InChI is InChI=1S/C22H26F2N2O3S/c1-3-25(4-2)30(28,29)19-10-11-21(24)20(15-19)22(27)26(18-8-9-18)13-12-16-6-5-7-17(23)14-16/h5-7,10-11,14-15,18H,3-4,8-9,12-13H2,1-2H3. The Morgan fingerprint density at radius 2 is 1.77 bits per heavy atom. The van der Waals surface area contributed by atoms with Gasteiger partial charge in [0.1, 0.15) is 11.6 Å². The van der Waals surface area contributed by atoms with Crippen LogP contribution in [0.5, 0.6) is 0 Å². The van der Waals surface area contributed by atoms with Gasteiger partial charge in [-0.1, -0.05) is 26.0 Å². The predicted octanol–water partition coefficient (Wildman–Crippen LogP) is 3.84. The van der Waals surface area contributed by atoms with E-state index in [0.717, 1.165) is 30.5 Å². The van der Waals surface area contributed by atoms with Crippen molar-refractivity contribution in [3.63, 3.8) is 0 Å². The van der Waals surface area contributed by atoms with Crippen LogP contribution < -0.4 is 0 Å². The fourth-order valence-electron chi connectivity index (χ4n) is 3.47. The van der Waals surface area contributed by atoms with E-state index in [4.69, 9.17) is 0 Å². The molecular weight excluding hydrogens is 410 g/mol. The molecule has 0 unspecified atom stereocenters. The molecule has 2 aromatic carbocycles. The summed E-state index contributed by atoms with van der Waals surface area (Å²) in [4.78, 5) is 14.6. The van der Waals surface area contributed by atoms with Crippen LogP contribution in [-0.2, 0) is 16.4 Å². The summed E-state index contributed by atoms with van der Waals surface area (Å²) < 4.78 is 54.8. The molecule has 0 bridgehead atoms. The largest absolute Gasteiger partial charge is 0.335 e. The van der Waals surface area contributed by atoms with Crippen molar-refractivity contribution in [3.8, 4) is 0 Å². The quantitative estimate of drug-likeness (QED) is 0.600. The number of amides is 1. The Labute approximate surface area is 176 Å². The minimum Gasteiger partial charge on any atom is -0.335 e. The summed E-state index contributed by atoms with van der Waals surface area (Å²) in [5.41, 5.74) is 0.487. The Morgan fingerprint density at radius 1 is 1.07 bits per heavy atom. The number of benzene rings is 2. The SMILES string of the molecule is CCN(CC)S(=O)(=O)c1ccc(F)c(C(=O)N(CCc2cccc(F)c2)C2CC2)c1. The highest BCUT2D eigenvalue weighted by Crippen LogP contribution is 2.30. The minimum absolute atomic E-state index is 0.00601. The highest BCUT2D eigenvalue weighted by molar-refractivity contribution is 7.89. The highest BCUT2D eigenvalue weighted by atomic mass is 32.2. The molecule has 3 rings (SSSR count). The fraction of sp³-hybridized carbons (Fsp3) is 0.409. The zero-order valence-electron chi connectivity index (χ0n) is 17.1. The molecule has 162 valence electrons. The molecular formula is C22H26F2N2O3S. The number of hydrogen-bond acceptors (Lipinski definition) is 3. The Bertz CT molecular complexity index is 1020. The molecule has 2 aromatic rings. The lowest BCUT2D eigenvalue weighted by Gasteiger charge is -2.24. The minimum atomic E-state index is -3.81. The van der Waals surface area contributed by atoms with Crippen molar-refractivity contribution in [1.29, 1.82) is 0 Å². The lowest BCUT2D eigenvalue weighted by Crippen LogP contribution is -2.36. The van der Waals surface area contributed by atoms with Crippen LogP contribution in [0.15, 0.2) is 47.4 Å². The molecule has 8 heteroatoms. The number of sulfonamides is 1. The molecule has 0 aromatic heterocycles. The predicted molar refractivity (Wildman–Crippen MR) is 111 cm³/mol. The van der Waals surface area contributed by atoms with Gasteiger partial charge in [-0.05, 0) is 55.2 Å². The van der Waals surface area contributed by atoms with Gasteiger partial charge < -0.3 is 4.90 Å². The van der Waals surface area contributed by atoms with Gasteiger partial charge in [0.05, 0.1) is 10.5 Å². The van der Waals surface area contributed by atoms with E-state index in [9.17, 15) is 22.0 Å². The summed E-state index contributed by atoms with van der Waals surface area (Å²) >= 11 is 0. The van der Waals surface area contributed by atoms with E-state index in [2.05, 4.69) is 0 Å². The molecule has 0 heterocycles. The second-order valence-electron chi connectivity index (χ2n) is 7.34. The van der Waals surface area contributed by atoms with Gasteiger partial charge in [0.25, 0.3) is 5.91 Å².